The molecule has 162 valence electrons. The normalized spacial score (nSPS) is 26.4. The molecule has 1 aliphatic heterocycles. The number of nitrogens with zero attached hydrogens (tertiary/aromatic N) is 5. The third-order valence-electron chi connectivity index (χ3n) is 6.66. The number of rotatable bonds is 6. The molecule has 2 aliphatic rings. The summed E-state index contributed by atoms with van der Waals surface area (Å²) < 4.78 is 0. The Morgan fingerprint density at radius 3 is 2.47 bits per heavy atom. The van der Waals surface area contributed by atoms with Crippen molar-refractivity contribution in [2.75, 3.05) is 50.6 Å². The maximum atomic E-state index is 12.8. The van der Waals surface area contributed by atoms with Crippen molar-refractivity contribution in [3.05, 3.63) is 34.8 Å². The lowest BCUT2D eigenvalue weighted by Gasteiger charge is -2.47. The first-order chi connectivity index (χ1) is 14.4. The molecule has 2 fully saturated rings. The molecule has 0 bridgehead atoms. The molecule has 1 spiro atoms. The minimum absolute atomic E-state index is 0.0403. The molecule has 0 aromatic carbocycles. The number of amides is 2. The molecule has 2 aromatic rings. The van der Waals surface area contributed by atoms with Crippen molar-refractivity contribution < 1.29 is 9.90 Å². The number of thiophene rings is 1. The smallest absolute Gasteiger partial charge is 0.322 e. The zero-order valence-electron chi connectivity index (χ0n) is 17.8. The highest BCUT2D eigenvalue weighted by Crippen LogP contribution is 2.47. The van der Waals surface area contributed by atoms with Crippen LogP contribution in [0.5, 0.6) is 0 Å². The van der Waals surface area contributed by atoms with Gasteiger partial charge in [0.15, 0.2) is 0 Å². The Morgan fingerprint density at radius 2 is 1.90 bits per heavy atom. The second-order valence-electron chi connectivity index (χ2n) is 8.59. The Labute approximate surface area is 181 Å². The number of nitrogens with one attached hydrogen (secondary N) is 1. The van der Waals surface area contributed by atoms with Crippen LogP contribution in [0.25, 0.3) is 0 Å². The Balaban J connectivity index is 1.48. The van der Waals surface area contributed by atoms with E-state index in [2.05, 4.69) is 51.8 Å². The molecule has 30 heavy (non-hydrogen) atoms. The van der Waals surface area contributed by atoms with Gasteiger partial charge in [0, 0.05) is 18.5 Å². The van der Waals surface area contributed by atoms with Crippen molar-refractivity contribution in [3.8, 4) is 0 Å². The van der Waals surface area contributed by atoms with Crippen LogP contribution in [0.15, 0.2) is 29.9 Å². The van der Waals surface area contributed by atoms with Crippen molar-refractivity contribution in [3.63, 3.8) is 0 Å². The predicted octanol–water partition coefficient (Wildman–Crippen LogP) is 2.27. The van der Waals surface area contributed by atoms with E-state index in [1.54, 1.807) is 22.2 Å². The van der Waals surface area contributed by atoms with Crippen LogP contribution in [0.2, 0.25) is 0 Å². The fourth-order valence-electron chi connectivity index (χ4n) is 4.70. The molecule has 1 saturated heterocycles. The number of anilines is 2. The van der Waals surface area contributed by atoms with E-state index >= 15 is 0 Å². The van der Waals surface area contributed by atoms with Gasteiger partial charge in [0.25, 0.3) is 0 Å². The second kappa shape index (κ2) is 8.13. The van der Waals surface area contributed by atoms with E-state index in [0.717, 1.165) is 25.7 Å². The first kappa shape index (κ1) is 21.0. The summed E-state index contributed by atoms with van der Waals surface area (Å²) in [7, 11) is 6.14. The molecule has 0 radical (unpaired) electrons. The van der Waals surface area contributed by atoms with Gasteiger partial charge in [0.1, 0.15) is 0 Å². The lowest BCUT2D eigenvalue weighted by atomic mass is 9.71. The minimum atomic E-state index is -0.208. The van der Waals surface area contributed by atoms with Crippen molar-refractivity contribution >= 4 is 29.0 Å². The molecule has 8 nitrogen and oxygen atoms in total. The van der Waals surface area contributed by atoms with Crippen molar-refractivity contribution in [1.82, 2.24) is 20.2 Å². The number of carbonyl (C=O) groups is 1. The van der Waals surface area contributed by atoms with E-state index in [9.17, 15) is 4.79 Å². The van der Waals surface area contributed by atoms with Gasteiger partial charge in [-0.15, -0.1) is 11.3 Å². The van der Waals surface area contributed by atoms with Gasteiger partial charge in [-0.3, -0.25) is 9.80 Å². The molecule has 2 aromatic heterocycles. The maximum Gasteiger partial charge on any atom is 0.322 e. The molecule has 4 rings (SSSR count). The van der Waals surface area contributed by atoms with Gasteiger partial charge in [-0.25, -0.2) is 14.8 Å². The molecular weight excluding hydrogens is 400 g/mol. The lowest BCUT2D eigenvalue weighted by Crippen LogP contribution is -2.53. The molecule has 2 amide bonds. The number of aliphatic hydroxyl groups excluding tert-OH is 1. The molecule has 1 aliphatic carbocycles. The van der Waals surface area contributed by atoms with Gasteiger partial charge in [0.05, 0.1) is 42.3 Å². The van der Waals surface area contributed by atoms with Crippen molar-refractivity contribution in [1.29, 1.82) is 0 Å². The van der Waals surface area contributed by atoms with Gasteiger partial charge in [-0.05, 0) is 51.2 Å². The fourth-order valence-corrected chi connectivity index (χ4v) is 5.77. The highest BCUT2D eigenvalue weighted by atomic mass is 32.1. The summed E-state index contributed by atoms with van der Waals surface area (Å²) in [4.78, 5) is 28.8. The monoisotopic (exact) mass is 430 g/mol. The average molecular weight is 431 g/mol. The van der Waals surface area contributed by atoms with Crippen LogP contribution in [0, 0.1) is 0 Å². The van der Waals surface area contributed by atoms with Gasteiger partial charge in [-0.2, -0.15) is 0 Å². The summed E-state index contributed by atoms with van der Waals surface area (Å²) in [5.41, 5.74) is 0.535. The zero-order valence-corrected chi connectivity index (χ0v) is 18.7. The summed E-state index contributed by atoms with van der Waals surface area (Å²) in [6.07, 6.45) is 7.26. The Hall–Kier alpha value is -2.23. The third-order valence-corrected chi connectivity index (χ3v) is 7.72. The molecule has 3 heterocycles. The van der Waals surface area contributed by atoms with E-state index in [4.69, 9.17) is 5.11 Å². The highest BCUT2D eigenvalue weighted by Gasteiger charge is 2.50. The Kier molecular flexibility index (Phi) is 5.69. The van der Waals surface area contributed by atoms with E-state index in [0.29, 0.717) is 24.7 Å². The van der Waals surface area contributed by atoms with Crippen molar-refractivity contribution in [2.24, 2.45) is 0 Å². The highest BCUT2D eigenvalue weighted by molar-refractivity contribution is 7.10. The largest absolute Gasteiger partial charge is 0.395 e. The molecule has 9 heteroatoms. The van der Waals surface area contributed by atoms with Crippen LogP contribution < -0.4 is 15.1 Å². The summed E-state index contributed by atoms with van der Waals surface area (Å²) >= 11 is 1.82. The average Bonchev–Trinajstić information content (AvgIpc) is 3.38. The van der Waals surface area contributed by atoms with E-state index < -0.39 is 0 Å². The zero-order chi connectivity index (χ0) is 21.4. The van der Waals surface area contributed by atoms with Crippen LogP contribution in [0.3, 0.4) is 0 Å². The van der Waals surface area contributed by atoms with E-state index in [-0.39, 0.29) is 23.7 Å². The number of hydrogen-bond donors (Lipinski definition) is 2. The minimum Gasteiger partial charge on any atom is -0.395 e. The summed E-state index contributed by atoms with van der Waals surface area (Å²) in [5.74, 6) is 0.534. The van der Waals surface area contributed by atoms with E-state index in [1.165, 1.54) is 4.88 Å². The van der Waals surface area contributed by atoms with Crippen LogP contribution in [0.4, 0.5) is 16.4 Å². The van der Waals surface area contributed by atoms with Crippen LogP contribution >= 0.6 is 11.3 Å². The first-order valence-corrected chi connectivity index (χ1v) is 11.2. The second-order valence-corrected chi connectivity index (χ2v) is 9.53. The number of aliphatic hydroxyl groups is 1. The topological polar surface area (TPSA) is 84.8 Å². The molecule has 2 N–H and O–H groups in total. The molecule has 0 atom stereocenters. The maximum absolute atomic E-state index is 12.8. The number of hydrogen-bond acceptors (Lipinski definition) is 7. The van der Waals surface area contributed by atoms with Crippen LogP contribution in [-0.4, -0.2) is 72.4 Å². The first-order valence-electron chi connectivity index (χ1n) is 10.3. The molecular formula is C21H30N6O2S. The van der Waals surface area contributed by atoms with Gasteiger partial charge in [-0.1, -0.05) is 6.07 Å². The van der Waals surface area contributed by atoms with Crippen LogP contribution in [0.1, 0.15) is 30.6 Å². The number of aromatic nitrogens is 2. The summed E-state index contributed by atoms with van der Waals surface area (Å²) in [5, 5.41) is 14.5. The fraction of sp³-hybridized carbons (Fsp3) is 0.571. The molecule has 0 unspecified atom stereocenters. The van der Waals surface area contributed by atoms with Crippen LogP contribution in [-0.2, 0) is 5.54 Å². The summed E-state index contributed by atoms with van der Waals surface area (Å²) in [6, 6.07) is 4.27. The lowest BCUT2D eigenvalue weighted by molar-refractivity contribution is 0.0689. The van der Waals surface area contributed by atoms with Gasteiger partial charge in [0.2, 0.25) is 5.95 Å². The number of likely N-dealkylation sites (N-methyl/N-ethyl adjacent to an activating group) is 1. The Bertz CT molecular complexity index is 862. The third kappa shape index (κ3) is 3.66. The summed E-state index contributed by atoms with van der Waals surface area (Å²) in [6.45, 7) is 1.14. The predicted molar refractivity (Wildman–Crippen MR) is 119 cm³/mol. The van der Waals surface area contributed by atoms with Crippen molar-refractivity contribution in [2.45, 2.75) is 36.8 Å². The Morgan fingerprint density at radius 1 is 1.20 bits per heavy atom. The molecule has 1 saturated carbocycles. The quantitative estimate of drug-likeness (QED) is 0.731. The standard InChI is InChI=1S/C21H30N6O2S/c1-25(2)21(17-5-4-12-30-17)8-6-20(7-9-21)15-27(19(29)24-20)16-13-22-18(23-14-16)26(3)10-11-28/h4-5,12-14,28H,6-11,15H2,1-3H3,(H,24,29). The van der Waals surface area contributed by atoms with Gasteiger partial charge >= 0.3 is 6.03 Å². The SMILES string of the molecule is CN(CCO)c1ncc(N2CC3(CCC(c4cccs4)(N(C)C)CC3)NC2=O)cn1. The van der Waals surface area contributed by atoms with E-state index in [1.807, 2.05) is 18.4 Å². The van der Waals surface area contributed by atoms with Gasteiger partial charge < -0.3 is 15.3 Å². The number of carbonyl (C=O) groups excluding carboxylic acids is 1. The number of urea groups is 1.